The summed E-state index contributed by atoms with van der Waals surface area (Å²) in [5.41, 5.74) is 9.50. The summed E-state index contributed by atoms with van der Waals surface area (Å²) in [4.78, 5) is 4.54. The smallest absolute Gasteiger partial charge is 0.210 e. The third-order valence-corrected chi connectivity index (χ3v) is 4.23. The number of rotatable bonds is 2. The quantitative estimate of drug-likeness (QED) is 0.514. The van der Waals surface area contributed by atoms with Gasteiger partial charge in [-0.15, -0.1) is 10.2 Å². The van der Waals surface area contributed by atoms with Gasteiger partial charge >= 0.3 is 0 Å². The number of aromatic nitrogens is 7. The highest BCUT2D eigenvalue weighted by atomic mass is 15.5. The first-order chi connectivity index (χ1) is 12.3. The van der Waals surface area contributed by atoms with Crippen LogP contribution >= 0.6 is 0 Å². The molecule has 0 spiro atoms. The lowest BCUT2D eigenvalue weighted by atomic mass is 10.00. The molecule has 0 amide bonds. The predicted octanol–water partition coefficient (Wildman–Crippen LogP) is 2.31. The Labute approximate surface area is 141 Å². The van der Waals surface area contributed by atoms with Crippen molar-refractivity contribution in [3.63, 3.8) is 0 Å². The van der Waals surface area contributed by atoms with Gasteiger partial charge in [-0.3, -0.25) is 0 Å². The Kier molecular flexibility index (Phi) is 2.78. The predicted molar refractivity (Wildman–Crippen MR) is 93.5 cm³/mol. The van der Waals surface area contributed by atoms with Gasteiger partial charge in [0.25, 0.3) is 0 Å². The summed E-state index contributed by atoms with van der Waals surface area (Å²) in [6, 6.07) is 14.3. The van der Waals surface area contributed by atoms with Crippen molar-refractivity contribution in [1.82, 2.24) is 35.2 Å². The van der Waals surface area contributed by atoms with Crippen LogP contribution in [0.1, 0.15) is 0 Å². The molecule has 0 aliphatic carbocycles. The van der Waals surface area contributed by atoms with E-state index in [9.17, 15) is 0 Å². The van der Waals surface area contributed by atoms with Crippen LogP contribution in [-0.2, 0) is 0 Å². The van der Waals surface area contributed by atoms with E-state index in [-0.39, 0.29) is 0 Å². The van der Waals surface area contributed by atoms with Crippen LogP contribution in [0.25, 0.3) is 38.9 Å². The monoisotopic (exact) mass is 328 g/mol. The molecule has 0 saturated heterocycles. The molecule has 0 saturated carbocycles. The Bertz CT molecular complexity index is 1200. The van der Waals surface area contributed by atoms with Gasteiger partial charge < -0.3 is 5.73 Å². The zero-order valence-corrected chi connectivity index (χ0v) is 13.0. The van der Waals surface area contributed by atoms with E-state index in [1.807, 2.05) is 24.3 Å². The van der Waals surface area contributed by atoms with Crippen LogP contribution in [0.3, 0.4) is 0 Å². The molecule has 3 heterocycles. The summed E-state index contributed by atoms with van der Waals surface area (Å²) in [6.07, 6.45) is 3.40. The molecule has 5 rings (SSSR count). The molecule has 0 fully saturated rings. The minimum Gasteiger partial charge on any atom is -0.383 e. The molecule has 0 atom stereocenters. The fraction of sp³-hybridized carbons (Fsp3) is 0. The maximum Gasteiger partial charge on any atom is 0.210 e. The molecule has 8 heteroatoms. The number of nitrogens with two attached hydrogens (primary N) is 1. The molecule has 0 radical (unpaired) electrons. The molecule has 0 aliphatic rings. The maximum atomic E-state index is 6.40. The van der Waals surface area contributed by atoms with Crippen molar-refractivity contribution >= 4 is 22.2 Å². The highest BCUT2D eigenvalue weighted by Gasteiger charge is 2.16. The van der Waals surface area contributed by atoms with Gasteiger partial charge in [0.15, 0.2) is 5.65 Å². The fourth-order valence-corrected chi connectivity index (χ4v) is 3.05. The van der Waals surface area contributed by atoms with Gasteiger partial charge in [0.1, 0.15) is 5.82 Å². The SMILES string of the molecule is Nc1c(-c2cccc3ccccc23)cnc2c(-c3nn[nH]n3)cnn12. The van der Waals surface area contributed by atoms with Gasteiger partial charge in [-0.05, 0) is 21.5 Å². The summed E-state index contributed by atoms with van der Waals surface area (Å²) in [7, 11) is 0. The Hall–Kier alpha value is -3.81. The lowest BCUT2D eigenvalue weighted by Crippen LogP contribution is -2.03. The Balaban J connectivity index is 1.77. The van der Waals surface area contributed by atoms with Crippen LogP contribution < -0.4 is 5.73 Å². The second kappa shape index (κ2) is 5.10. The maximum absolute atomic E-state index is 6.40. The van der Waals surface area contributed by atoms with E-state index in [1.54, 1.807) is 16.9 Å². The van der Waals surface area contributed by atoms with Crippen LogP contribution in [0.4, 0.5) is 5.82 Å². The Morgan fingerprint density at radius 3 is 2.68 bits per heavy atom. The molecule has 8 nitrogen and oxygen atoms in total. The van der Waals surface area contributed by atoms with Crippen molar-refractivity contribution in [2.24, 2.45) is 0 Å². The number of aromatic amines is 1. The van der Waals surface area contributed by atoms with E-state index in [0.717, 1.165) is 21.9 Å². The average molecular weight is 328 g/mol. The van der Waals surface area contributed by atoms with Crippen molar-refractivity contribution in [2.45, 2.75) is 0 Å². The average Bonchev–Trinajstić information content (AvgIpc) is 3.31. The number of tetrazole rings is 1. The number of fused-ring (bicyclic) bond motifs is 2. The number of anilines is 1. The topological polar surface area (TPSA) is 111 Å². The van der Waals surface area contributed by atoms with E-state index < -0.39 is 0 Å². The Morgan fingerprint density at radius 2 is 1.80 bits per heavy atom. The fourth-order valence-electron chi connectivity index (χ4n) is 3.05. The van der Waals surface area contributed by atoms with Gasteiger partial charge in [0, 0.05) is 11.8 Å². The van der Waals surface area contributed by atoms with Crippen molar-refractivity contribution in [2.75, 3.05) is 5.73 Å². The molecule has 3 N–H and O–H groups in total. The minimum atomic E-state index is 0.430. The summed E-state index contributed by atoms with van der Waals surface area (Å²) >= 11 is 0. The standard InChI is InChI=1S/C17H12N8/c18-15-13(12-7-3-5-10-4-1-2-6-11(10)12)8-19-17-14(9-20-25(15)17)16-21-23-24-22-16/h1-9H,18H2,(H,21,22,23,24). The summed E-state index contributed by atoms with van der Waals surface area (Å²) < 4.78 is 1.60. The van der Waals surface area contributed by atoms with Crippen molar-refractivity contribution in [1.29, 1.82) is 0 Å². The number of nitrogens with zero attached hydrogens (tertiary/aromatic N) is 6. The first kappa shape index (κ1) is 13.6. The van der Waals surface area contributed by atoms with Gasteiger partial charge in [-0.25, -0.2) is 4.98 Å². The molecule has 5 aromatic rings. The summed E-state index contributed by atoms with van der Waals surface area (Å²) in [6.45, 7) is 0. The third kappa shape index (κ3) is 1.97. The molecular formula is C17H12N8. The van der Waals surface area contributed by atoms with Crippen LogP contribution in [-0.4, -0.2) is 35.2 Å². The van der Waals surface area contributed by atoms with Crippen molar-refractivity contribution < 1.29 is 0 Å². The van der Waals surface area contributed by atoms with Crippen molar-refractivity contribution in [3.05, 3.63) is 54.9 Å². The first-order valence-electron chi connectivity index (χ1n) is 7.67. The van der Waals surface area contributed by atoms with Crippen LogP contribution in [0, 0.1) is 0 Å². The summed E-state index contributed by atoms with van der Waals surface area (Å²) in [5.74, 6) is 0.941. The molecule has 0 bridgehead atoms. The van der Waals surface area contributed by atoms with E-state index in [0.29, 0.717) is 22.9 Å². The molecule has 3 aromatic heterocycles. The molecule has 0 unspecified atom stereocenters. The zero-order valence-electron chi connectivity index (χ0n) is 13.0. The lowest BCUT2D eigenvalue weighted by molar-refractivity contribution is 0.881. The second-order valence-electron chi connectivity index (χ2n) is 5.61. The van der Waals surface area contributed by atoms with E-state index >= 15 is 0 Å². The normalized spacial score (nSPS) is 11.4. The summed E-state index contributed by atoms with van der Waals surface area (Å²) in [5, 5.41) is 20.6. The minimum absolute atomic E-state index is 0.430. The number of H-pyrrole nitrogens is 1. The zero-order chi connectivity index (χ0) is 16.8. The molecule has 0 aliphatic heterocycles. The van der Waals surface area contributed by atoms with Gasteiger partial charge in [-0.2, -0.15) is 14.8 Å². The van der Waals surface area contributed by atoms with Gasteiger partial charge in [0.05, 0.1) is 11.8 Å². The number of hydrogen-bond acceptors (Lipinski definition) is 6. The lowest BCUT2D eigenvalue weighted by Gasteiger charge is -2.10. The van der Waals surface area contributed by atoms with Gasteiger partial charge in [-0.1, -0.05) is 42.5 Å². The number of nitrogens with one attached hydrogen (secondary N) is 1. The number of benzene rings is 2. The highest BCUT2D eigenvalue weighted by Crippen LogP contribution is 2.33. The molecular weight excluding hydrogens is 316 g/mol. The second-order valence-corrected chi connectivity index (χ2v) is 5.61. The molecule has 120 valence electrons. The molecule has 25 heavy (non-hydrogen) atoms. The van der Waals surface area contributed by atoms with E-state index in [2.05, 4.69) is 48.9 Å². The first-order valence-corrected chi connectivity index (χ1v) is 7.67. The van der Waals surface area contributed by atoms with Gasteiger partial charge in [0.2, 0.25) is 5.82 Å². The molecule has 2 aromatic carbocycles. The third-order valence-electron chi connectivity index (χ3n) is 4.23. The van der Waals surface area contributed by atoms with Crippen molar-refractivity contribution in [3.8, 4) is 22.5 Å². The number of nitrogen functional groups attached to an aromatic ring is 1. The van der Waals surface area contributed by atoms with Crippen LogP contribution in [0.5, 0.6) is 0 Å². The number of hydrogen-bond donors (Lipinski definition) is 2. The van der Waals surface area contributed by atoms with E-state index in [1.165, 1.54) is 0 Å². The van der Waals surface area contributed by atoms with Crippen LogP contribution in [0.15, 0.2) is 54.9 Å². The highest BCUT2D eigenvalue weighted by molar-refractivity contribution is 5.99. The van der Waals surface area contributed by atoms with Crippen LogP contribution in [0.2, 0.25) is 0 Å². The van der Waals surface area contributed by atoms with E-state index in [4.69, 9.17) is 5.73 Å². The Morgan fingerprint density at radius 1 is 0.920 bits per heavy atom. The largest absolute Gasteiger partial charge is 0.383 e.